The molecule has 2 heterocycles. The van der Waals surface area contributed by atoms with E-state index in [1.165, 1.54) is 45.3 Å². The van der Waals surface area contributed by atoms with Crippen molar-refractivity contribution in [3.05, 3.63) is 0 Å². The van der Waals surface area contributed by atoms with Gasteiger partial charge in [0.25, 0.3) is 0 Å². The van der Waals surface area contributed by atoms with Crippen LogP contribution < -0.4 is 0 Å². The second-order valence-corrected chi connectivity index (χ2v) is 9.48. The number of likely N-dealkylation sites (tertiary alicyclic amines) is 1. The second-order valence-electron chi connectivity index (χ2n) is 6.14. The molecule has 4 nitrogen and oxygen atoms in total. The Kier molecular flexibility index (Phi) is 6.29. The van der Waals surface area contributed by atoms with Crippen LogP contribution in [0.1, 0.15) is 25.7 Å². The van der Waals surface area contributed by atoms with Gasteiger partial charge in [-0.1, -0.05) is 6.42 Å². The fraction of sp³-hybridized carbons (Fsp3) is 1.00. The Balaban J connectivity index is 1.67. The van der Waals surface area contributed by atoms with E-state index in [1.54, 1.807) is 0 Å². The molecule has 0 aromatic heterocycles. The molecule has 0 saturated carbocycles. The maximum Gasteiger partial charge on any atom is 0.335 e. The van der Waals surface area contributed by atoms with Gasteiger partial charge < -0.3 is 18.7 Å². The Morgan fingerprint density at radius 1 is 0.947 bits per heavy atom. The van der Waals surface area contributed by atoms with Crippen LogP contribution in [0.4, 0.5) is 0 Å². The summed E-state index contributed by atoms with van der Waals surface area (Å²) in [5, 5.41) is 0. The van der Waals surface area contributed by atoms with Gasteiger partial charge in [-0.05, 0) is 58.5 Å². The number of hydrogen-bond acceptors (Lipinski definition) is 4. The lowest BCUT2D eigenvalue weighted by atomic mass is 10.1. The number of piperidine rings is 1. The van der Waals surface area contributed by atoms with Crippen molar-refractivity contribution >= 4 is 8.56 Å². The number of likely N-dealkylation sites (N-methyl/N-ethyl adjacent to an activating group) is 1. The van der Waals surface area contributed by atoms with Crippen LogP contribution in [-0.4, -0.2) is 71.3 Å². The molecule has 5 heteroatoms. The quantitative estimate of drug-likeness (QED) is 0.737. The molecule has 19 heavy (non-hydrogen) atoms. The van der Waals surface area contributed by atoms with E-state index in [-0.39, 0.29) is 0 Å². The molecule has 112 valence electrons. The maximum absolute atomic E-state index is 6.09. The Morgan fingerprint density at radius 3 is 2.21 bits per heavy atom. The molecule has 2 aliphatic heterocycles. The van der Waals surface area contributed by atoms with E-state index in [9.17, 15) is 0 Å². The molecule has 0 amide bonds. The highest BCUT2D eigenvalue weighted by Crippen LogP contribution is 2.18. The Hall–Kier alpha value is 0.0569. The van der Waals surface area contributed by atoms with Crippen LogP contribution in [0.5, 0.6) is 0 Å². The highest BCUT2D eigenvalue weighted by molar-refractivity contribution is 6.66. The van der Waals surface area contributed by atoms with Crippen molar-refractivity contribution in [2.45, 2.75) is 38.3 Å². The third-order valence-corrected chi connectivity index (χ3v) is 7.21. The molecule has 0 spiro atoms. The van der Waals surface area contributed by atoms with Crippen LogP contribution in [0.15, 0.2) is 0 Å². The van der Waals surface area contributed by atoms with Crippen molar-refractivity contribution in [2.75, 3.05) is 53.0 Å². The van der Waals surface area contributed by atoms with Gasteiger partial charge in [0.1, 0.15) is 0 Å². The van der Waals surface area contributed by atoms with E-state index in [2.05, 4.69) is 23.4 Å². The average Bonchev–Trinajstić information content (AvgIpc) is 2.38. The van der Waals surface area contributed by atoms with Crippen LogP contribution in [0.25, 0.3) is 0 Å². The molecule has 0 aromatic carbocycles. The molecule has 2 fully saturated rings. The summed E-state index contributed by atoms with van der Waals surface area (Å²) >= 11 is 0. The van der Waals surface area contributed by atoms with Crippen molar-refractivity contribution in [1.82, 2.24) is 9.80 Å². The minimum atomic E-state index is -1.89. The fourth-order valence-corrected chi connectivity index (χ4v) is 5.16. The molecular weight excluding hydrogens is 256 g/mol. The summed E-state index contributed by atoms with van der Waals surface area (Å²) < 4.78 is 12.2. The van der Waals surface area contributed by atoms with Crippen LogP contribution in [0, 0.1) is 0 Å². The van der Waals surface area contributed by atoms with E-state index in [4.69, 9.17) is 8.85 Å². The first kappa shape index (κ1) is 15.4. The van der Waals surface area contributed by atoms with Crippen LogP contribution in [-0.2, 0) is 8.85 Å². The topological polar surface area (TPSA) is 24.9 Å². The first-order chi connectivity index (χ1) is 9.18. The summed E-state index contributed by atoms with van der Waals surface area (Å²) in [5.74, 6) is 0. The highest BCUT2D eigenvalue weighted by Gasteiger charge is 2.32. The highest BCUT2D eigenvalue weighted by atomic mass is 28.4. The van der Waals surface area contributed by atoms with Gasteiger partial charge in [-0.3, -0.25) is 0 Å². The van der Waals surface area contributed by atoms with Gasteiger partial charge in [0.15, 0.2) is 0 Å². The number of nitrogens with zero attached hydrogens (tertiary/aromatic N) is 2. The molecule has 0 radical (unpaired) electrons. The van der Waals surface area contributed by atoms with Gasteiger partial charge in [0.05, 0.1) is 0 Å². The molecule has 2 saturated heterocycles. The van der Waals surface area contributed by atoms with Crippen LogP contribution in [0.2, 0.25) is 12.6 Å². The molecule has 0 unspecified atom stereocenters. The molecule has 2 aliphatic rings. The van der Waals surface area contributed by atoms with Crippen molar-refractivity contribution in [3.8, 4) is 0 Å². The minimum Gasteiger partial charge on any atom is -0.393 e. The van der Waals surface area contributed by atoms with Crippen molar-refractivity contribution in [1.29, 1.82) is 0 Å². The summed E-state index contributed by atoms with van der Waals surface area (Å²) in [5.41, 5.74) is 0. The Labute approximate surface area is 119 Å². The average molecular weight is 286 g/mol. The Morgan fingerprint density at radius 2 is 1.58 bits per heavy atom. The zero-order valence-corrected chi connectivity index (χ0v) is 13.7. The predicted octanol–water partition coefficient (Wildman–Crippen LogP) is 1.91. The third kappa shape index (κ3) is 5.51. The number of rotatable bonds is 4. The van der Waals surface area contributed by atoms with Gasteiger partial charge in [-0.15, -0.1) is 0 Å². The standard InChI is InChI=1S/C14H30N2O2Si/c1-15-10-12-17-19(2,18-13-11-15)14-6-9-16-7-4-3-5-8-16/h3-14H2,1-2H3. The van der Waals surface area contributed by atoms with Crippen LogP contribution in [0.3, 0.4) is 0 Å². The first-order valence-corrected chi connectivity index (χ1v) is 10.4. The smallest absolute Gasteiger partial charge is 0.335 e. The molecule has 0 atom stereocenters. The second kappa shape index (κ2) is 7.74. The van der Waals surface area contributed by atoms with E-state index < -0.39 is 8.56 Å². The van der Waals surface area contributed by atoms with Crippen molar-refractivity contribution in [2.24, 2.45) is 0 Å². The molecular formula is C14H30N2O2Si. The SMILES string of the molecule is CN1CCO[Si](C)(CCCN2CCCCC2)OCC1. The van der Waals surface area contributed by atoms with Crippen LogP contribution >= 0.6 is 0 Å². The van der Waals surface area contributed by atoms with E-state index in [0.29, 0.717) is 0 Å². The predicted molar refractivity (Wildman–Crippen MR) is 80.7 cm³/mol. The zero-order valence-electron chi connectivity index (χ0n) is 12.7. The monoisotopic (exact) mass is 286 g/mol. The van der Waals surface area contributed by atoms with Crippen molar-refractivity contribution < 1.29 is 8.85 Å². The lowest BCUT2D eigenvalue weighted by Crippen LogP contribution is -2.45. The summed E-state index contributed by atoms with van der Waals surface area (Å²) in [6, 6.07) is 1.15. The third-order valence-electron chi connectivity index (χ3n) is 4.31. The number of hydrogen-bond donors (Lipinski definition) is 0. The van der Waals surface area contributed by atoms with Gasteiger partial charge in [-0.2, -0.15) is 0 Å². The van der Waals surface area contributed by atoms with Gasteiger partial charge in [0, 0.05) is 26.3 Å². The lowest BCUT2D eigenvalue weighted by Gasteiger charge is -2.33. The lowest BCUT2D eigenvalue weighted by molar-refractivity contribution is 0.108. The zero-order chi connectivity index (χ0) is 13.6. The molecule has 0 bridgehead atoms. The molecule has 0 aliphatic carbocycles. The molecule has 0 N–H and O–H groups in total. The first-order valence-electron chi connectivity index (χ1n) is 7.87. The maximum atomic E-state index is 6.09. The summed E-state index contributed by atoms with van der Waals surface area (Å²) in [6.45, 7) is 9.82. The van der Waals surface area contributed by atoms with E-state index in [0.717, 1.165) is 32.3 Å². The molecule has 2 rings (SSSR count). The van der Waals surface area contributed by atoms with E-state index in [1.807, 2.05) is 0 Å². The molecule has 0 aromatic rings. The summed E-state index contributed by atoms with van der Waals surface area (Å²) in [6.07, 6.45) is 5.42. The normalized spacial score (nSPS) is 26.8. The largest absolute Gasteiger partial charge is 0.393 e. The summed E-state index contributed by atoms with van der Waals surface area (Å²) in [7, 11) is 0.246. The summed E-state index contributed by atoms with van der Waals surface area (Å²) in [4.78, 5) is 4.89. The van der Waals surface area contributed by atoms with Gasteiger partial charge >= 0.3 is 8.56 Å². The van der Waals surface area contributed by atoms with E-state index >= 15 is 0 Å². The Bertz CT molecular complexity index is 250. The van der Waals surface area contributed by atoms with Gasteiger partial charge in [0.2, 0.25) is 0 Å². The van der Waals surface area contributed by atoms with Gasteiger partial charge in [-0.25, -0.2) is 0 Å². The van der Waals surface area contributed by atoms with Crippen molar-refractivity contribution in [3.63, 3.8) is 0 Å². The minimum absolute atomic E-state index is 0.836. The fourth-order valence-electron chi connectivity index (χ4n) is 2.94.